The Bertz CT molecular complexity index is 1090. The average molecular weight is 395 g/mol. The number of methoxy groups -OCH3 is 1. The smallest absolute Gasteiger partial charge is 0.331 e. The number of fused-ring (bicyclic) bond motifs is 1. The minimum Gasteiger partial charge on any atom is -0.385 e. The van der Waals surface area contributed by atoms with E-state index in [4.69, 9.17) is 4.74 Å². The molecule has 0 aliphatic rings. The lowest BCUT2D eigenvalue weighted by Gasteiger charge is -2.14. The summed E-state index contributed by atoms with van der Waals surface area (Å²) < 4.78 is 7.56. The molecule has 1 N–H and O–H groups in total. The van der Waals surface area contributed by atoms with Crippen molar-refractivity contribution in [3.05, 3.63) is 81.0 Å². The van der Waals surface area contributed by atoms with Crippen molar-refractivity contribution in [2.45, 2.75) is 25.9 Å². The molecule has 0 aliphatic heterocycles. The standard InChI is InChI=1S/C22H25N3O4/c1-29-15-7-14-24-21(27)18-10-5-6-11-19(18)25(22(24)28)16-20(26)23-13-12-17-8-3-2-4-9-17/h2-6,8-11H,7,12-16H2,1H3,(H,23,26). The number of nitrogens with zero attached hydrogens (tertiary/aromatic N) is 2. The number of nitrogens with one attached hydrogen (secondary N) is 1. The van der Waals surface area contributed by atoms with Crippen molar-refractivity contribution in [1.29, 1.82) is 0 Å². The van der Waals surface area contributed by atoms with Crippen LogP contribution < -0.4 is 16.6 Å². The Hall–Kier alpha value is -3.19. The molecule has 0 bridgehead atoms. The quantitative estimate of drug-likeness (QED) is 0.558. The summed E-state index contributed by atoms with van der Waals surface area (Å²) in [4.78, 5) is 38.1. The van der Waals surface area contributed by atoms with E-state index in [0.29, 0.717) is 36.9 Å². The van der Waals surface area contributed by atoms with Gasteiger partial charge in [0.05, 0.1) is 10.9 Å². The summed E-state index contributed by atoms with van der Waals surface area (Å²) >= 11 is 0. The van der Waals surface area contributed by atoms with Crippen LogP contribution in [0.4, 0.5) is 0 Å². The highest BCUT2D eigenvalue weighted by atomic mass is 16.5. The molecular weight excluding hydrogens is 370 g/mol. The molecule has 1 aromatic heterocycles. The Balaban J connectivity index is 1.81. The molecule has 152 valence electrons. The molecule has 0 atom stereocenters. The Morgan fingerprint density at radius 3 is 2.48 bits per heavy atom. The van der Waals surface area contributed by atoms with Crippen molar-refractivity contribution in [3.8, 4) is 0 Å². The predicted octanol–water partition coefficient (Wildman–Crippen LogP) is 1.56. The number of amides is 1. The zero-order chi connectivity index (χ0) is 20.6. The first-order valence-electron chi connectivity index (χ1n) is 9.63. The van der Waals surface area contributed by atoms with Crippen LogP contribution in [0, 0.1) is 0 Å². The van der Waals surface area contributed by atoms with Crippen LogP contribution in [-0.2, 0) is 29.0 Å². The summed E-state index contributed by atoms with van der Waals surface area (Å²) in [6.07, 6.45) is 1.24. The fourth-order valence-corrected chi connectivity index (χ4v) is 3.28. The van der Waals surface area contributed by atoms with E-state index < -0.39 is 5.69 Å². The van der Waals surface area contributed by atoms with E-state index in [2.05, 4.69) is 5.32 Å². The van der Waals surface area contributed by atoms with Gasteiger partial charge < -0.3 is 10.1 Å². The summed E-state index contributed by atoms with van der Waals surface area (Å²) in [6.45, 7) is 1.02. The molecular formula is C22H25N3O4. The van der Waals surface area contributed by atoms with Crippen molar-refractivity contribution >= 4 is 16.8 Å². The molecule has 0 saturated carbocycles. The summed E-state index contributed by atoms with van der Waals surface area (Å²) in [5.74, 6) is -0.268. The third kappa shape index (κ3) is 5.00. The molecule has 0 saturated heterocycles. The van der Waals surface area contributed by atoms with Crippen molar-refractivity contribution < 1.29 is 9.53 Å². The van der Waals surface area contributed by atoms with Crippen molar-refractivity contribution in [1.82, 2.24) is 14.5 Å². The largest absolute Gasteiger partial charge is 0.385 e. The monoisotopic (exact) mass is 395 g/mol. The Morgan fingerprint density at radius 1 is 1.00 bits per heavy atom. The molecule has 0 unspecified atom stereocenters. The Morgan fingerprint density at radius 2 is 1.72 bits per heavy atom. The second-order valence-corrected chi connectivity index (χ2v) is 6.77. The van der Waals surface area contributed by atoms with E-state index in [0.717, 1.165) is 5.56 Å². The highest BCUT2D eigenvalue weighted by Crippen LogP contribution is 2.07. The molecule has 0 fully saturated rings. The van der Waals surface area contributed by atoms with Crippen LogP contribution in [0.5, 0.6) is 0 Å². The van der Waals surface area contributed by atoms with E-state index in [1.54, 1.807) is 31.4 Å². The molecule has 3 rings (SSSR count). The van der Waals surface area contributed by atoms with Gasteiger partial charge in [-0.2, -0.15) is 0 Å². The topological polar surface area (TPSA) is 82.3 Å². The summed E-state index contributed by atoms with van der Waals surface area (Å²) in [5.41, 5.74) is 0.760. The molecule has 0 spiro atoms. The van der Waals surface area contributed by atoms with Crippen LogP contribution in [0.2, 0.25) is 0 Å². The van der Waals surface area contributed by atoms with Gasteiger partial charge in [0.1, 0.15) is 6.54 Å². The van der Waals surface area contributed by atoms with Crippen LogP contribution in [0.25, 0.3) is 10.9 Å². The van der Waals surface area contributed by atoms with Gasteiger partial charge in [0.2, 0.25) is 5.91 Å². The van der Waals surface area contributed by atoms with Gasteiger partial charge in [-0.1, -0.05) is 42.5 Å². The van der Waals surface area contributed by atoms with Gasteiger partial charge >= 0.3 is 5.69 Å². The highest BCUT2D eigenvalue weighted by molar-refractivity contribution is 5.81. The van der Waals surface area contributed by atoms with Crippen molar-refractivity contribution in [2.24, 2.45) is 0 Å². The molecule has 29 heavy (non-hydrogen) atoms. The number of benzene rings is 2. The van der Waals surface area contributed by atoms with E-state index in [9.17, 15) is 14.4 Å². The Labute approximate surface area is 168 Å². The molecule has 2 aromatic carbocycles. The van der Waals surface area contributed by atoms with Gasteiger partial charge in [-0.25, -0.2) is 4.79 Å². The van der Waals surface area contributed by atoms with Gasteiger partial charge in [0.25, 0.3) is 5.56 Å². The molecule has 7 nitrogen and oxygen atoms in total. The van der Waals surface area contributed by atoms with Crippen LogP contribution in [0.1, 0.15) is 12.0 Å². The first kappa shape index (κ1) is 20.5. The number of hydrogen-bond acceptors (Lipinski definition) is 4. The number of carbonyl (C=O) groups is 1. The lowest BCUT2D eigenvalue weighted by molar-refractivity contribution is -0.121. The normalized spacial score (nSPS) is 10.9. The second-order valence-electron chi connectivity index (χ2n) is 6.77. The first-order valence-corrected chi connectivity index (χ1v) is 9.63. The summed E-state index contributed by atoms with van der Waals surface area (Å²) in [5, 5.41) is 3.27. The average Bonchev–Trinajstić information content (AvgIpc) is 2.74. The predicted molar refractivity (Wildman–Crippen MR) is 112 cm³/mol. The maximum absolute atomic E-state index is 12.9. The third-order valence-electron chi connectivity index (χ3n) is 4.74. The zero-order valence-corrected chi connectivity index (χ0v) is 16.5. The van der Waals surface area contributed by atoms with E-state index in [1.807, 2.05) is 30.3 Å². The zero-order valence-electron chi connectivity index (χ0n) is 16.5. The Kier molecular flexibility index (Phi) is 6.97. The van der Waals surface area contributed by atoms with Gasteiger partial charge in [-0.05, 0) is 30.5 Å². The summed E-state index contributed by atoms with van der Waals surface area (Å²) in [7, 11) is 1.57. The number of ether oxygens (including phenoxy) is 1. The van der Waals surface area contributed by atoms with Crippen LogP contribution in [0.15, 0.2) is 64.2 Å². The van der Waals surface area contributed by atoms with Crippen molar-refractivity contribution in [3.63, 3.8) is 0 Å². The fraction of sp³-hybridized carbons (Fsp3) is 0.318. The molecule has 3 aromatic rings. The minimum absolute atomic E-state index is 0.140. The molecule has 0 radical (unpaired) electrons. The van der Waals surface area contributed by atoms with Crippen LogP contribution >= 0.6 is 0 Å². The number of aromatic nitrogens is 2. The SMILES string of the molecule is COCCCn1c(=O)c2ccccc2n(CC(=O)NCCc2ccccc2)c1=O. The highest BCUT2D eigenvalue weighted by Gasteiger charge is 2.15. The van der Waals surface area contributed by atoms with E-state index in [1.165, 1.54) is 9.13 Å². The number of carbonyl (C=O) groups excluding carboxylic acids is 1. The molecule has 0 aliphatic carbocycles. The van der Waals surface area contributed by atoms with Gasteiger partial charge in [0.15, 0.2) is 0 Å². The lowest BCUT2D eigenvalue weighted by atomic mass is 10.1. The maximum Gasteiger partial charge on any atom is 0.331 e. The number of hydrogen-bond donors (Lipinski definition) is 1. The second kappa shape index (κ2) is 9.84. The summed E-state index contributed by atoms with van der Waals surface area (Å²) in [6, 6.07) is 16.7. The number of rotatable bonds is 9. The third-order valence-corrected chi connectivity index (χ3v) is 4.74. The van der Waals surface area contributed by atoms with E-state index >= 15 is 0 Å². The van der Waals surface area contributed by atoms with Crippen molar-refractivity contribution in [2.75, 3.05) is 20.3 Å². The maximum atomic E-state index is 12.9. The van der Waals surface area contributed by atoms with E-state index in [-0.39, 0.29) is 24.6 Å². The van der Waals surface area contributed by atoms with Gasteiger partial charge in [-0.15, -0.1) is 0 Å². The molecule has 1 amide bonds. The van der Waals surface area contributed by atoms with Gasteiger partial charge in [0, 0.05) is 26.8 Å². The minimum atomic E-state index is -0.483. The first-order chi connectivity index (χ1) is 14.1. The van der Waals surface area contributed by atoms with Crippen LogP contribution in [-0.4, -0.2) is 35.3 Å². The van der Waals surface area contributed by atoms with Crippen LogP contribution in [0.3, 0.4) is 0 Å². The fourth-order valence-electron chi connectivity index (χ4n) is 3.28. The molecule has 1 heterocycles. The van der Waals surface area contributed by atoms with Gasteiger partial charge in [-0.3, -0.25) is 18.7 Å². The molecule has 7 heteroatoms. The number of para-hydroxylation sites is 1. The lowest BCUT2D eigenvalue weighted by Crippen LogP contribution is -2.43.